The van der Waals surface area contributed by atoms with Crippen molar-refractivity contribution < 1.29 is 14.3 Å². The molecule has 2 atom stereocenters. The highest BCUT2D eigenvalue weighted by atomic mass is 16.5. The third-order valence-electron chi connectivity index (χ3n) is 3.53. The van der Waals surface area contributed by atoms with Gasteiger partial charge in [0, 0.05) is 6.61 Å². The number of ether oxygens (including phenoxy) is 2. The third kappa shape index (κ3) is 3.21. The number of hydrogen-bond donors (Lipinski definition) is 0. The van der Waals surface area contributed by atoms with Crippen molar-refractivity contribution in [1.82, 2.24) is 0 Å². The van der Waals surface area contributed by atoms with Crippen molar-refractivity contribution in [3.8, 4) is 0 Å². The molecule has 0 aromatic carbocycles. The number of rotatable bonds is 6. The largest absolute Gasteiger partial charge is 0.465 e. The summed E-state index contributed by atoms with van der Waals surface area (Å²) < 4.78 is 11.1. The Labute approximate surface area is 105 Å². The Morgan fingerprint density at radius 3 is 2.59 bits per heavy atom. The summed E-state index contributed by atoms with van der Waals surface area (Å²) in [6.07, 6.45) is 3.88. The third-order valence-corrected chi connectivity index (χ3v) is 3.53. The monoisotopic (exact) mass is 242 g/mol. The van der Waals surface area contributed by atoms with Crippen LogP contribution in [0.4, 0.5) is 0 Å². The Kier molecular flexibility index (Phi) is 5.44. The van der Waals surface area contributed by atoms with Gasteiger partial charge >= 0.3 is 5.97 Å². The molecule has 3 nitrogen and oxygen atoms in total. The van der Waals surface area contributed by atoms with Crippen LogP contribution < -0.4 is 0 Å². The molecule has 0 amide bonds. The molecule has 0 aromatic rings. The Hall–Kier alpha value is -0.570. The summed E-state index contributed by atoms with van der Waals surface area (Å²) in [6, 6.07) is 0. The van der Waals surface area contributed by atoms with Gasteiger partial charge in [0.25, 0.3) is 0 Å². The van der Waals surface area contributed by atoms with Gasteiger partial charge in [-0.25, -0.2) is 0 Å². The molecule has 1 aliphatic carbocycles. The fraction of sp³-hybridized carbons (Fsp3) is 0.929. The van der Waals surface area contributed by atoms with Crippen LogP contribution in [-0.2, 0) is 14.3 Å². The lowest BCUT2D eigenvalue weighted by molar-refractivity contribution is -0.165. The standard InChI is InChI=1S/C14H26O3/c1-5-16-12-8-7-9-14(12,10-11(3)4)13(15)17-6-2/h11-12H,5-10H2,1-4H3. The molecule has 1 fully saturated rings. The first kappa shape index (κ1) is 14.5. The van der Waals surface area contributed by atoms with Gasteiger partial charge in [0.2, 0.25) is 0 Å². The summed E-state index contributed by atoms with van der Waals surface area (Å²) in [5, 5.41) is 0. The maximum Gasteiger partial charge on any atom is 0.314 e. The summed E-state index contributed by atoms with van der Waals surface area (Å²) in [6.45, 7) is 9.29. The van der Waals surface area contributed by atoms with Gasteiger partial charge in [0.05, 0.1) is 18.1 Å². The number of carbonyl (C=O) groups excluding carboxylic acids is 1. The number of esters is 1. The van der Waals surface area contributed by atoms with E-state index in [1.807, 2.05) is 13.8 Å². The van der Waals surface area contributed by atoms with E-state index in [1.54, 1.807) is 0 Å². The smallest absolute Gasteiger partial charge is 0.314 e. The van der Waals surface area contributed by atoms with Crippen LogP contribution in [-0.4, -0.2) is 25.3 Å². The highest BCUT2D eigenvalue weighted by Crippen LogP contribution is 2.46. The van der Waals surface area contributed by atoms with Crippen LogP contribution in [0.3, 0.4) is 0 Å². The first-order chi connectivity index (χ1) is 8.06. The summed E-state index contributed by atoms with van der Waals surface area (Å²) in [7, 11) is 0. The number of carbonyl (C=O) groups is 1. The van der Waals surface area contributed by atoms with E-state index in [0.29, 0.717) is 19.1 Å². The molecule has 17 heavy (non-hydrogen) atoms. The molecule has 0 heterocycles. The molecule has 0 aliphatic heterocycles. The maximum absolute atomic E-state index is 12.3. The zero-order valence-electron chi connectivity index (χ0n) is 11.6. The van der Waals surface area contributed by atoms with Crippen LogP contribution in [0.25, 0.3) is 0 Å². The Bertz CT molecular complexity index is 250. The highest BCUT2D eigenvalue weighted by molar-refractivity contribution is 5.78. The molecule has 0 bridgehead atoms. The van der Waals surface area contributed by atoms with E-state index >= 15 is 0 Å². The van der Waals surface area contributed by atoms with Crippen LogP contribution in [0, 0.1) is 11.3 Å². The lowest BCUT2D eigenvalue weighted by Gasteiger charge is -2.34. The molecule has 1 saturated carbocycles. The summed E-state index contributed by atoms with van der Waals surface area (Å²) in [5.41, 5.74) is -0.389. The normalized spacial score (nSPS) is 28.6. The minimum absolute atomic E-state index is 0.0500. The average molecular weight is 242 g/mol. The molecule has 1 aliphatic rings. The Morgan fingerprint density at radius 1 is 1.35 bits per heavy atom. The van der Waals surface area contributed by atoms with Crippen LogP contribution in [0.2, 0.25) is 0 Å². The topological polar surface area (TPSA) is 35.5 Å². The molecule has 2 unspecified atom stereocenters. The van der Waals surface area contributed by atoms with Gasteiger partial charge in [-0.3, -0.25) is 4.79 Å². The van der Waals surface area contributed by atoms with Gasteiger partial charge in [-0.2, -0.15) is 0 Å². The van der Waals surface area contributed by atoms with Crippen molar-refractivity contribution in [2.75, 3.05) is 13.2 Å². The lowest BCUT2D eigenvalue weighted by Crippen LogP contribution is -2.42. The molecule has 1 rings (SSSR count). The van der Waals surface area contributed by atoms with Crippen molar-refractivity contribution in [3.63, 3.8) is 0 Å². The van der Waals surface area contributed by atoms with Gasteiger partial charge in [-0.15, -0.1) is 0 Å². The lowest BCUT2D eigenvalue weighted by atomic mass is 9.76. The molecular formula is C14H26O3. The summed E-state index contributed by atoms with van der Waals surface area (Å²) >= 11 is 0. The first-order valence-corrected chi connectivity index (χ1v) is 6.85. The predicted octanol–water partition coefficient (Wildman–Crippen LogP) is 3.17. The van der Waals surface area contributed by atoms with Gasteiger partial charge in [0.15, 0.2) is 0 Å². The molecule has 0 radical (unpaired) electrons. The van der Waals surface area contributed by atoms with E-state index in [9.17, 15) is 4.79 Å². The van der Waals surface area contributed by atoms with Crippen molar-refractivity contribution in [3.05, 3.63) is 0 Å². The molecule has 0 spiro atoms. The van der Waals surface area contributed by atoms with E-state index in [1.165, 1.54) is 0 Å². The van der Waals surface area contributed by atoms with Crippen LogP contribution in [0.15, 0.2) is 0 Å². The van der Waals surface area contributed by atoms with Crippen LogP contribution in [0.5, 0.6) is 0 Å². The summed E-state index contributed by atoms with van der Waals surface area (Å²) in [4.78, 5) is 12.3. The minimum Gasteiger partial charge on any atom is -0.465 e. The Balaban J connectivity index is 2.87. The molecule has 0 saturated heterocycles. The van der Waals surface area contributed by atoms with E-state index in [2.05, 4.69) is 13.8 Å². The van der Waals surface area contributed by atoms with Crippen LogP contribution in [0.1, 0.15) is 53.4 Å². The molecule has 0 aromatic heterocycles. The number of hydrogen-bond acceptors (Lipinski definition) is 3. The second-order valence-corrected chi connectivity index (χ2v) is 5.31. The first-order valence-electron chi connectivity index (χ1n) is 6.85. The second kappa shape index (κ2) is 6.39. The molecule has 0 N–H and O–H groups in total. The van der Waals surface area contributed by atoms with Crippen molar-refractivity contribution in [2.24, 2.45) is 11.3 Å². The maximum atomic E-state index is 12.3. The quantitative estimate of drug-likeness (QED) is 0.671. The zero-order valence-corrected chi connectivity index (χ0v) is 11.6. The fourth-order valence-corrected chi connectivity index (χ4v) is 3.04. The Morgan fingerprint density at radius 2 is 2.06 bits per heavy atom. The average Bonchev–Trinajstić information content (AvgIpc) is 2.63. The van der Waals surface area contributed by atoms with Gasteiger partial charge in [0.1, 0.15) is 0 Å². The summed E-state index contributed by atoms with van der Waals surface area (Å²) in [5.74, 6) is 0.435. The minimum atomic E-state index is -0.389. The predicted molar refractivity (Wildman–Crippen MR) is 67.8 cm³/mol. The van der Waals surface area contributed by atoms with E-state index < -0.39 is 0 Å². The highest BCUT2D eigenvalue weighted by Gasteiger charge is 2.50. The van der Waals surface area contributed by atoms with Crippen molar-refractivity contribution in [1.29, 1.82) is 0 Å². The molecule has 3 heteroatoms. The SMILES string of the molecule is CCOC(=O)C1(CC(C)C)CCCC1OCC. The molecular weight excluding hydrogens is 216 g/mol. The van der Waals surface area contributed by atoms with E-state index in [4.69, 9.17) is 9.47 Å². The van der Waals surface area contributed by atoms with Gasteiger partial charge in [-0.05, 0) is 45.4 Å². The van der Waals surface area contributed by atoms with Crippen molar-refractivity contribution in [2.45, 2.75) is 59.5 Å². The van der Waals surface area contributed by atoms with E-state index in [-0.39, 0.29) is 17.5 Å². The molecule has 100 valence electrons. The second-order valence-electron chi connectivity index (χ2n) is 5.31. The van der Waals surface area contributed by atoms with Crippen LogP contribution >= 0.6 is 0 Å². The van der Waals surface area contributed by atoms with Gasteiger partial charge in [-0.1, -0.05) is 13.8 Å². The van der Waals surface area contributed by atoms with Gasteiger partial charge < -0.3 is 9.47 Å². The fourth-order valence-electron chi connectivity index (χ4n) is 3.04. The zero-order chi connectivity index (χ0) is 12.9. The van der Waals surface area contributed by atoms with Crippen molar-refractivity contribution >= 4 is 5.97 Å². The van der Waals surface area contributed by atoms with E-state index in [0.717, 1.165) is 25.7 Å².